The monoisotopic (exact) mass is 235 g/mol. The Hall–Kier alpha value is -0.830. The first-order valence-corrected chi connectivity index (χ1v) is 6.81. The van der Waals surface area contributed by atoms with Gasteiger partial charge in [-0.05, 0) is 51.1 Å². The average molecular weight is 235 g/mol. The number of nitrogens with zero attached hydrogens (tertiary/aromatic N) is 2. The molecule has 3 nitrogen and oxygen atoms in total. The minimum absolute atomic E-state index is 0.628. The summed E-state index contributed by atoms with van der Waals surface area (Å²) in [5.74, 6) is 1.51. The summed E-state index contributed by atoms with van der Waals surface area (Å²) in [6.07, 6.45) is 2.63. The molecule has 1 saturated carbocycles. The lowest BCUT2D eigenvalue weighted by molar-refractivity contribution is 0.159. The van der Waals surface area contributed by atoms with E-state index in [4.69, 9.17) is 0 Å². The van der Waals surface area contributed by atoms with Gasteiger partial charge < -0.3 is 5.32 Å². The van der Waals surface area contributed by atoms with Gasteiger partial charge in [0.05, 0.1) is 11.7 Å². The lowest BCUT2D eigenvalue weighted by Crippen LogP contribution is -2.38. The van der Waals surface area contributed by atoms with Crippen LogP contribution in [0.25, 0.3) is 0 Å². The molecule has 2 atom stereocenters. The third-order valence-electron chi connectivity index (χ3n) is 3.70. The molecule has 0 radical (unpaired) electrons. The molecule has 0 aromatic carbocycles. The van der Waals surface area contributed by atoms with E-state index in [1.165, 1.54) is 18.5 Å². The first-order chi connectivity index (χ1) is 8.08. The van der Waals surface area contributed by atoms with Gasteiger partial charge in [0, 0.05) is 12.2 Å². The molecule has 1 fully saturated rings. The molecule has 0 spiro atoms. The minimum atomic E-state index is 0.628. The Bertz CT molecular complexity index is 368. The fourth-order valence-electron chi connectivity index (χ4n) is 2.65. The third kappa shape index (κ3) is 2.89. The molecule has 2 unspecified atom stereocenters. The Morgan fingerprint density at radius 3 is 2.65 bits per heavy atom. The highest BCUT2D eigenvalue weighted by Gasteiger charge is 2.33. The number of aryl methyl sites for hydroxylation is 2. The van der Waals surface area contributed by atoms with Crippen molar-refractivity contribution >= 4 is 0 Å². The summed E-state index contributed by atoms with van der Waals surface area (Å²) >= 11 is 0. The summed E-state index contributed by atoms with van der Waals surface area (Å²) in [6, 6.07) is 2.81. The highest BCUT2D eigenvalue weighted by atomic mass is 15.3. The van der Waals surface area contributed by atoms with Crippen LogP contribution in [-0.2, 0) is 0 Å². The SMILES string of the molecule is Cc1cc(C)n(C2CCC2CNCC(C)C)n1. The smallest absolute Gasteiger partial charge is 0.0596 e. The lowest BCUT2D eigenvalue weighted by atomic mass is 9.79. The average Bonchev–Trinajstić information content (AvgIpc) is 2.51. The van der Waals surface area contributed by atoms with Crippen molar-refractivity contribution in [1.29, 1.82) is 0 Å². The molecule has 2 rings (SSSR count). The maximum atomic E-state index is 4.61. The van der Waals surface area contributed by atoms with Crippen molar-refractivity contribution in [2.75, 3.05) is 13.1 Å². The van der Waals surface area contributed by atoms with Crippen molar-refractivity contribution in [3.8, 4) is 0 Å². The van der Waals surface area contributed by atoms with Crippen molar-refractivity contribution in [2.24, 2.45) is 11.8 Å². The van der Waals surface area contributed by atoms with E-state index in [1.807, 2.05) is 0 Å². The van der Waals surface area contributed by atoms with Gasteiger partial charge >= 0.3 is 0 Å². The quantitative estimate of drug-likeness (QED) is 0.850. The molecular formula is C14H25N3. The standard InChI is InChI=1S/C14H25N3/c1-10(2)8-15-9-13-5-6-14(13)17-12(4)7-11(3)16-17/h7,10,13-15H,5-6,8-9H2,1-4H3. The van der Waals surface area contributed by atoms with E-state index < -0.39 is 0 Å². The Labute approximate surface area is 105 Å². The molecule has 1 aliphatic carbocycles. The van der Waals surface area contributed by atoms with E-state index >= 15 is 0 Å². The molecule has 17 heavy (non-hydrogen) atoms. The molecule has 1 aliphatic rings. The van der Waals surface area contributed by atoms with Crippen LogP contribution in [0.1, 0.15) is 44.1 Å². The molecule has 0 bridgehead atoms. The summed E-state index contributed by atoms with van der Waals surface area (Å²) in [5, 5.41) is 8.19. The molecule has 3 heteroatoms. The highest BCUT2D eigenvalue weighted by molar-refractivity contribution is 5.09. The lowest BCUT2D eigenvalue weighted by Gasteiger charge is -2.37. The van der Waals surface area contributed by atoms with E-state index in [2.05, 4.69) is 48.9 Å². The van der Waals surface area contributed by atoms with Crippen LogP contribution >= 0.6 is 0 Å². The van der Waals surface area contributed by atoms with Crippen LogP contribution in [0.3, 0.4) is 0 Å². The van der Waals surface area contributed by atoms with E-state index in [1.54, 1.807) is 0 Å². The van der Waals surface area contributed by atoms with Crippen molar-refractivity contribution in [3.63, 3.8) is 0 Å². The molecule has 1 aromatic heterocycles. The number of aromatic nitrogens is 2. The van der Waals surface area contributed by atoms with Gasteiger partial charge in [0.1, 0.15) is 0 Å². The van der Waals surface area contributed by atoms with Crippen LogP contribution in [0.4, 0.5) is 0 Å². The normalized spacial score (nSPS) is 24.1. The predicted octanol–water partition coefficient (Wildman–Crippen LogP) is 2.70. The summed E-state index contributed by atoms with van der Waals surface area (Å²) in [4.78, 5) is 0. The Morgan fingerprint density at radius 1 is 1.41 bits per heavy atom. The van der Waals surface area contributed by atoms with Crippen molar-refractivity contribution in [1.82, 2.24) is 15.1 Å². The molecule has 1 aromatic rings. The van der Waals surface area contributed by atoms with Crippen LogP contribution in [0, 0.1) is 25.7 Å². The van der Waals surface area contributed by atoms with Crippen LogP contribution in [-0.4, -0.2) is 22.9 Å². The molecule has 0 amide bonds. The fourth-order valence-corrected chi connectivity index (χ4v) is 2.65. The van der Waals surface area contributed by atoms with E-state index in [0.717, 1.165) is 30.6 Å². The van der Waals surface area contributed by atoms with Crippen molar-refractivity contribution in [2.45, 2.75) is 46.6 Å². The van der Waals surface area contributed by atoms with Crippen LogP contribution in [0.15, 0.2) is 6.07 Å². The van der Waals surface area contributed by atoms with Crippen molar-refractivity contribution < 1.29 is 0 Å². The van der Waals surface area contributed by atoms with Crippen LogP contribution in [0.5, 0.6) is 0 Å². The molecule has 1 N–H and O–H groups in total. The number of hydrogen-bond acceptors (Lipinski definition) is 2. The fraction of sp³-hybridized carbons (Fsp3) is 0.786. The van der Waals surface area contributed by atoms with Gasteiger partial charge in [0.25, 0.3) is 0 Å². The summed E-state index contributed by atoms with van der Waals surface area (Å²) in [5.41, 5.74) is 2.45. The zero-order valence-corrected chi connectivity index (χ0v) is 11.5. The van der Waals surface area contributed by atoms with E-state index in [0.29, 0.717) is 6.04 Å². The summed E-state index contributed by atoms with van der Waals surface area (Å²) in [7, 11) is 0. The maximum Gasteiger partial charge on any atom is 0.0596 e. The Kier molecular flexibility index (Phi) is 3.87. The van der Waals surface area contributed by atoms with Crippen LogP contribution in [0.2, 0.25) is 0 Å². The maximum absolute atomic E-state index is 4.61. The van der Waals surface area contributed by atoms with Gasteiger partial charge in [-0.1, -0.05) is 13.8 Å². The molecule has 0 saturated heterocycles. The predicted molar refractivity (Wildman–Crippen MR) is 71.2 cm³/mol. The molecule has 96 valence electrons. The summed E-state index contributed by atoms with van der Waals surface area (Å²) in [6.45, 7) is 11.0. The Balaban J connectivity index is 1.88. The molecule has 1 heterocycles. The second-order valence-electron chi connectivity index (χ2n) is 5.83. The zero-order valence-electron chi connectivity index (χ0n) is 11.5. The van der Waals surface area contributed by atoms with E-state index in [9.17, 15) is 0 Å². The second-order valence-corrected chi connectivity index (χ2v) is 5.83. The van der Waals surface area contributed by atoms with Crippen LogP contribution < -0.4 is 5.32 Å². The first-order valence-electron chi connectivity index (χ1n) is 6.81. The second kappa shape index (κ2) is 5.21. The third-order valence-corrected chi connectivity index (χ3v) is 3.70. The number of hydrogen-bond donors (Lipinski definition) is 1. The van der Waals surface area contributed by atoms with Gasteiger partial charge in [0.15, 0.2) is 0 Å². The van der Waals surface area contributed by atoms with E-state index in [-0.39, 0.29) is 0 Å². The minimum Gasteiger partial charge on any atom is -0.316 e. The van der Waals surface area contributed by atoms with Crippen molar-refractivity contribution in [3.05, 3.63) is 17.5 Å². The number of rotatable bonds is 5. The van der Waals surface area contributed by atoms with Gasteiger partial charge in [-0.25, -0.2) is 0 Å². The largest absolute Gasteiger partial charge is 0.316 e. The first kappa shape index (κ1) is 12.6. The molecular weight excluding hydrogens is 210 g/mol. The Morgan fingerprint density at radius 2 is 2.18 bits per heavy atom. The van der Waals surface area contributed by atoms with Gasteiger partial charge in [-0.2, -0.15) is 5.10 Å². The topological polar surface area (TPSA) is 29.9 Å². The summed E-state index contributed by atoms with van der Waals surface area (Å²) < 4.78 is 2.24. The highest BCUT2D eigenvalue weighted by Crippen LogP contribution is 2.38. The van der Waals surface area contributed by atoms with Gasteiger partial charge in [0.2, 0.25) is 0 Å². The van der Waals surface area contributed by atoms with Gasteiger partial charge in [-0.15, -0.1) is 0 Å². The van der Waals surface area contributed by atoms with Gasteiger partial charge in [-0.3, -0.25) is 4.68 Å². The number of nitrogens with one attached hydrogen (secondary N) is 1. The molecule has 0 aliphatic heterocycles. The zero-order chi connectivity index (χ0) is 12.4.